The summed E-state index contributed by atoms with van der Waals surface area (Å²) in [5, 5.41) is 2.35. The Bertz CT molecular complexity index is 2370. The molecule has 2 aromatic heterocycles. The highest BCUT2D eigenvalue weighted by molar-refractivity contribution is 6.10. The Kier molecular flexibility index (Phi) is 7.18. The fourth-order valence-corrected chi connectivity index (χ4v) is 6.36. The molecule has 8 rings (SSSR count). The molecule has 8 aromatic rings. The second kappa shape index (κ2) is 11.7. The molecule has 232 valence electrons. The fraction of sp³-hybridized carbons (Fsp3) is 0.0930. The number of nitrogens with zero attached hydrogens (tertiary/aromatic N) is 4. The van der Waals surface area contributed by atoms with Crippen molar-refractivity contribution in [1.82, 2.24) is 19.5 Å². The zero-order valence-corrected chi connectivity index (χ0v) is 27.0. The third-order valence-electron chi connectivity index (χ3n) is 8.90. The van der Waals surface area contributed by atoms with Crippen molar-refractivity contribution < 1.29 is 4.39 Å². The highest BCUT2D eigenvalue weighted by Crippen LogP contribution is 2.39. The Morgan fingerprint density at radius 2 is 1.04 bits per heavy atom. The smallest absolute Gasteiger partial charge is 0.166 e. The lowest BCUT2D eigenvalue weighted by Gasteiger charge is -2.19. The molecule has 2 heterocycles. The number of benzene rings is 6. The molecule has 0 N–H and O–H groups in total. The average molecular weight is 625 g/mol. The van der Waals surface area contributed by atoms with E-state index in [4.69, 9.17) is 15.0 Å². The van der Waals surface area contributed by atoms with E-state index >= 15 is 0 Å². The second-order valence-corrected chi connectivity index (χ2v) is 13.1. The van der Waals surface area contributed by atoms with E-state index in [0.717, 1.165) is 44.5 Å². The van der Waals surface area contributed by atoms with Gasteiger partial charge >= 0.3 is 0 Å². The lowest BCUT2D eigenvalue weighted by atomic mass is 9.86. The Hall–Kier alpha value is -5.94. The normalized spacial score (nSPS) is 11.8. The number of hydrogen-bond acceptors (Lipinski definition) is 3. The van der Waals surface area contributed by atoms with Crippen molar-refractivity contribution in [2.75, 3.05) is 0 Å². The average Bonchev–Trinajstić information content (AvgIpc) is 3.45. The SMILES string of the molecule is CC(C)(C)c1ccc2c(c1)c1ccccc1n2-c1cc(-c2ccc(F)cc2)ccc1-c1nc(-c2ccccc2)nc(-c2ccccc2)n1. The maximum absolute atomic E-state index is 14.0. The first-order valence-electron chi connectivity index (χ1n) is 16.1. The first kappa shape index (κ1) is 29.5. The summed E-state index contributed by atoms with van der Waals surface area (Å²) < 4.78 is 16.3. The van der Waals surface area contributed by atoms with Crippen molar-refractivity contribution in [2.45, 2.75) is 26.2 Å². The zero-order chi connectivity index (χ0) is 32.8. The first-order chi connectivity index (χ1) is 23.3. The number of para-hydroxylation sites is 1. The highest BCUT2D eigenvalue weighted by Gasteiger charge is 2.22. The summed E-state index contributed by atoms with van der Waals surface area (Å²) in [7, 11) is 0. The van der Waals surface area contributed by atoms with Crippen LogP contribution in [0.1, 0.15) is 26.3 Å². The molecule has 0 bridgehead atoms. The molecule has 0 amide bonds. The Labute approximate surface area is 279 Å². The molecule has 0 aliphatic heterocycles. The fourth-order valence-electron chi connectivity index (χ4n) is 6.36. The second-order valence-electron chi connectivity index (χ2n) is 13.1. The van der Waals surface area contributed by atoms with Gasteiger partial charge in [0.15, 0.2) is 17.5 Å². The van der Waals surface area contributed by atoms with Gasteiger partial charge in [-0.2, -0.15) is 0 Å². The predicted molar refractivity (Wildman–Crippen MR) is 195 cm³/mol. The lowest BCUT2D eigenvalue weighted by Crippen LogP contribution is -2.10. The third-order valence-corrected chi connectivity index (χ3v) is 8.90. The molecular formula is C43H33FN4. The van der Waals surface area contributed by atoms with E-state index in [1.54, 1.807) is 0 Å². The van der Waals surface area contributed by atoms with Gasteiger partial charge in [-0.25, -0.2) is 19.3 Å². The summed E-state index contributed by atoms with van der Waals surface area (Å²) >= 11 is 0. The van der Waals surface area contributed by atoms with E-state index < -0.39 is 0 Å². The number of aromatic nitrogens is 4. The summed E-state index contributed by atoms with van der Waals surface area (Å²) in [6.07, 6.45) is 0. The number of halogens is 1. The van der Waals surface area contributed by atoms with Gasteiger partial charge in [-0.15, -0.1) is 0 Å². The van der Waals surface area contributed by atoms with Crippen molar-refractivity contribution >= 4 is 21.8 Å². The Morgan fingerprint density at radius 3 is 1.69 bits per heavy atom. The van der Waals surface area contributed by atoms with E-state index in [1.807, 2.05) is 72.8 Å². The Balaban J connectivity index is 1.45. The molecule has 0 saturated heterocycles. The van der Waals surface area contributed by atoms with Gasteiger partial charge in [-0.1, -0.05) is 124 Å². The molecule has 0 atom stereocenters. The van der Waals surface area contributed by atoms with Crippen LogP contribution in [0.5, 0.6) is 0 Å². The van der Waals surface area contributed by atoms with Crippen LogP contribution in [0.15, 0.2) is 146 Å². The standard InChI is InChI=1S/C43H33FN4/c1-43(2,3)32-21-25-38-36(27-32)34-16-10-11-17-37(34)48(38)39-26-31(28-18-22-33(44)23-19-28)20-24-35(39)42-46-40(29-12-6-4-7-13-29)45-41(47-42)30-14-8-5-9-15-30/h4-27H,1-3H3. The van der Waals surface area contributed by atoms with E-state index in [2.05, 4.69) is 86.0 Å². The minimum Gasteiger partial charge on any atom is -0.308 e. The minimum absolute atomic E-state index is 0.00237. The third kappa shape index (κ3) is 5.33. The molecule has 0 saturated carbocycles. The van der Waals surface area contributed by atoms with Crippen molar-refractivity contribution in [1.29, 1.82) is 0 Å². The van der Waals surface area contributed by atoms with Gasteiger partial charge in [0.2, 0.25) is 0 Å². The maximum atomic E-state index is 14.0. The lowest BCUT2D eigenvalue weighted by molar-refractivity contribution is 0.591. The van der Waals surface area contributed by atoms with Gasteiger partial charge in [-0.05, 0) is 64.6 Å². The van der Waals surface area contributed by atoms with Crippen LogP contribution in [0.25, 0.3) is 72.8 Å². The van der Waals surface area contributed by atoms with Crippen LogP contribution >= 0.6 is 0 Å². The molecule has 0 spiro atoms. The number of fused-ring (bicyclic) bond motifs is 3. The topological polar surface area (TPSA) is 43.6 Å². The molecule has 4 nitrogen and oxygen atoms in total. The molecule has 0 fully saturated rings. The molecule has 0 aliphatic rings. The summed E-state index contributed by atoms with van der Waals surface area (Å²) in [5.74, 6) is 1.51. The van der Waals surface area contributed by atoms with Crippen molar-refractivity contribution in [3.05, 3.63) is 157 Å². The molecule has 0 radical (unpaired) electrons. The van der Waals surface area contributed by atoms with E-state index in [0.29, 0.717) is 17.5 Å². The molecular weight excluding hydrogens is 591 g/mol. The van der Waals surface area contributed by atoms with Gasteiger partial charge in [-0.3, -0.25) is 0 Å². The summed E-state index contributed by atoms with van der Waals surface area (Å²) in [4.78, 5) is 15.1. The van der Waals surface area contributed by atoms with E-state index in [1.165, 1.54) is 28.5 Å². The van der Waals surface area contributed by atoms with Gasteiger partial charge in [0.1, 0.15) is 5.82 Å². The largest absolute Gasteiger partial charge is 0.308 e. The molecule has 0 unspecified atom stereocenters. The number of hydrogen-bond donors (Lipinski definition) is 0. The molecule has 5 heteroatoms. The number of rotatable bonds is 5. The summed E-state index contributed by atoms with van der Waals surface area (Å²) in [6.45, 7) is 6.73. The van der Waals surface area contributed by atoms with Crippen LogP contribution < -0.4 is 0 Å². The van der Waals surface area contributed by atoms with Crippen LogP contribution in [0.3, 0.4) is 0 Å². The van der Waals surface area contributed by atoms with Crippen molar-refractivity contribution in [2.24, 2.45) is 0 Å². The van der Waals surface area contributed by atoms with Crippen molar-refractivity contribution in [3.8, 4) is 51.0 Å². The van der Waals surface area contributed by atoms with Crippen LogP contribution in [-0.2, 0) is 5.41 Å². The molecule has 6 aromatic carbocycles. The monoisotopic (exact) mass is 624 g/mol. The van der Waals surface area contributed by atoms with Gasteiger partial charge in [0.05, 0.1) is 16.7 Å². The van der Waals surface area contributed by atoms with E-state index in [9.17, 15) is 4.39 Å². The molecule has 0 aliphatic carbocycles. The van der Waals surface area contributed by atoms with Crippen molar-refractivity contribution in [3.63, 3.8) is 0 Å². The molecule has 48 heavy (non-hydrogen) atoms. The van der Waals surface area contributed by atoms with Crippen LogP contribution in [0.2, 0.25) is 0 Å². The van der Waals surface area contributed by atoms with Gasteiger partial charge in [0.25, 0.3) is 0 Å². The summed E-state index contributed by atoms with van der Waals surface area (Å²) in [6, 6.07) is 48.3. The van der Waals surface area contributed by atoms with Crippen LogP contribution in [-0.4, -0.2) is 19.5 Å². The zero-order valence-electron chi connectivity index (χ0n) is 27.0. The summed E-state index contributed by atoms with van der Waals surface area (Å²) in [5.41, 5.74) is 8.93. The van der Waals surface area contributed by atoms with Gasteiger partial charge in [0, 0.05) is 27.5 Å². The van der Waals surface area contributed by atoms with Crippen LogP contribution in [0, 0.1) is 5.82 Å². The van der Waals surface area contributed by atoms with E-state index in [-0.39, 0.29) is 11.2 Å². The first-order valence-corrected chi connectivity index (χ1v) is 16.1. The minimum atomic E-state index is -0.264. The quantitative estimate of drug-likeness (QED) is 0.191. The Morgan fingerprint density at radius 1 is 0.479 bits per heavy atom. The highest BCUT2D eigenvalue weighted by atomic mass is 19.1. The van der Waals surface area contributed by atoms with Crippen LogP contribution in [0.4, 0.5) is 4.39 Å². The predicted octanol–water partition coefficient (Wildman–Crippen LogP) is 11.1. The maximum Gasteiger partial charge on any atom is 0.166 e. The van der Waals surface area contributed by atoms with Gasteiger partial charge < -0.3 is 4.57 Å².